The third kappa shape index (κ3) is 6.14. The van der Waals surface area contributed by atoms with Crippen molar-refractivity contribution in [2.75, 3.05) is 6.61 Å². The van der Waals surface area contributed by atoms with Gasteiger partial charge in [0.05, 0.1) is 24.9 Å². The number of hydrogen-bond donors (Lipinski definition) is 2. The maximum Gasteiger partial charge on any atom is 0.303 e. The number of benzene rings is 1. The van der Waals surface area contributed by atoms with Crippen LogP contribution in [0.1, 0.15) is 43.4 Å². The first-order valence-corrected chi connectivity index (χ1v) is 9.32. The van der Waals surface area contributed by atoms with E-state index in [2.05, 4.69) is 15.6 Å². The van der Waals surface area contributed by atoms with Crippen LogP contribution in [0.4, 0.5) is 0 Å². The van der Waals surface area contributed by atoms with Gasteiger partial charge < -0.3 is 19.9 Å². The van der Waals surface area contributed by atoms with E-state index in [4.69, 9.17) is 14.6 Å². The van der Waals surface area contributed by atoms with E-state index in [1.807, 2.05) is 30.5 Å². The number of carbonyl (C=O) groups is 2. The maximum absolute atomic E-state index is 11.6. The Morgan fingerprint density at radius 1 is 1.25 bits per heavy atom. The standard InChI is InChI=1S/C19H24N4O5/c24-17(8-9-18(25)26)20-11-14-4-6-16(7-5-14)23-12-15(21-22-23)13-28-19-3-1-2-10-27-19/h4-7,12,19H,1-3,8-11,13H2,(H,20,24)(H,25,26). The first-order valence-electron chi connectivity index (χ1n) is 9.32. The van der Waals surface area contributed by atoms with Crippen LogP contribution in [0, 0.1) is 0 Å². The first kappa shape index (κ1) is 20.0. The van der Waals surface area contributed by atoms with Gasteiger partial charge in [0.25, 0.3) is 0 Å². The molecule has 1 amide bonds. The molecule has 3 rings (SSSR count). The number of nitrogens with zero attached hydrogens (tertiary/aromatic N) is 3. The summed E-state index contributed by atoms with van der Waals surface area (Å²) in [6, 6.07) is 7.51. The summed E-state index contributed by atoms with van der Waals surface area (Å²) in [4.78, 5) is 22.0. The third-order valence-electron chi connectivity index (χ3n) is 4.35. The number of carboxylic acids is 1. The van der Waals surface area contributed by atoms with Gasteiger partial charge in [-0.1, -0.05) is 17.3 Å². The van der Waals surface area contributed by atoms with E-state index in [1.165, 1.54) is 0 Å². The molecule has 1 aliphatic rings. The van der Waals surface area contributed by atoms with Crippen LogP contribution in [0.5, 0.6) is 0 Å². The molecule has 1 aromatic carbocycles. The van der Waals surface area contributed by atoms with E-state index in [9.17, 15) is 9.59 Å². The number of carboxylic acid groups (broad SMARTS) is 1. The van der Waals surface area contributed by atoms with Gasteiger partial charge in [-0.15, -0.1) is 5.10 Å². The Bertz CT molecular complexity index is 784. The van der Waals surface area contributed by atoms with Gasteiger partial charge in [-0.3, -0.25) is 9.59 Å². The average molecular weight is 388 g/mol. The molecule has 2 N–H and O–H groups in total. The number of carbonyl (C=O) groups excluding carboxylic acids is 1. The second kappa shape index (κ2) is 9.95. The van der Waals surface area contributed by atoms with Crippen LogP contribution in [-0.2, 0) is 32.2 Å². The summed E-state index contributed by atoms with van der Waals surface area (Å²) < 4.78 is 12.9. The van der Waals surface area contributed by atoms with E-state index >= 15 is 0 Å². The fourth-order valence-electron chi connectivity index (χ4n) is 2.79. The van der Waals surface area contributed by atoms with E-state index in [0.717, 1.165) is 42.8 Å². The molecular weight excluding hydrogens is 364 g/mol. The van der Waals surface area contributed by atoms with Crippen molar-refractivity contribution >= 4 is 11.9 Å². The van der Waals surface area contributed by atoms with E-state index in [0.29, 0.717) is 13.2 Å². The van der Waals surface area contributed by atoms with Gasteiger partial charge in [-0.05, 0) is 37.0 Å². The summed E-state index contributed by atoms with van der Waals surface area (Å²) in [5.74, 6) is -1.27. The summed E-state index contributed by atoms with van der Waals surface area (Å²) in [6.45, 7) is 1.44. The number of rotatable bonds is 9. The predicted octanol–water partition coefficient (Wildman–Crippen LogP) is 1.79. The molecule has 0 saturated carbocycles. The van der Waals surface area contributed by atoms with Crippen molar-refractivity contribution in [2.45, 2.75) is 51.5 Å². The molecular formula is C19H24N4O5. The Labute approximate surface area is 162 Å². The molecule has 28 heavy (non-hydrogen) atoms. The minimum absolute atomic E-state index is 0.0247. The molecule has 1 aromatic heterocycles. The van der Waals surface area contributed by atoms with Crippen LogP contribution in [0.3, 0.4) is 0 Å². The molecule has 0 radical (unpaired) electrons. The highest BCUT2D eigenvalue weighted by Gasteiger charge is 2.15. The lowest BCUT2D eigenvalue weighted by molar-refractivity contribution is -0.169. The number of aromatic nitrogens is 3. The van der Waals surface area contributed by atoms with Crippen molar-refractivity contribution in [3.63, 3.8) is 0 Å². The number of aliphatic carboxylic acids is 1. The molecule has 2 aromatic rings. The van der Waals surface area contributed by atoms with E-state index in [-0.39, 0.29) is 25.0 Å². The SMILES string of the molecule is O=C(O)CCC(=O)NCc1ccc(-n2cc(COC3CCCCO3)nn2)cc1. The van der Waals surface area contributed by atoms with Crippen molar-refractivity contribution in [3.8, 4) is 5.69 Å². The van der Waals surface area contributed by atoms with Crippen molar-refractivity contribution in [3.05, 3.63) is 41.7 Å². The summed E-state index contributed by atoms with van der Waals surface area (Å²) in [7, 11) is 0. The molecule has 9 heteroatoms. The van der Waals surface area contributed by atoms with Crippen LogP contribution in [0.25, 0.3) is 5.69 Å². The molecule has 9 nitrogen and oxygen atoms in total. The molecule has 150 valence electrons. The zero-order valence-electron chi connectivity index (χ0n) is 15.5. The highest BCUT2D eigenvalue weighted by atomic mass is 16.7. The number of hydrogen-bond acceptors (Lipinski definition) is 6. The normalized spacial score (nSPS) is 16.6. The van der Waals surface area contributed by atoms with Gasteiger partial charge in [0.1, 0.15) is 5.69 Å². The monoisotopic (exact) mass is 388 g/mol. The zero-order chi connectivity index (χ0) is 19.8. The van der Waals surface area contributed by atoms with Gasteiger partial charge in [-0.2, -0.15) is 0 Å². The van der Waals surface area contributed by atoms with Crippen LogP contribution in [0.15, 0.2) is 30.5 Å². The van der Waals surface area contributed by atoms with Gasteiger partial charge in [0, 0.05) is 19.6 Å². The maximum atomic E-state index is 11.6. The smallest absolute Gasteiger partial charge is 0.303 e. The highest BCUT2D eigenvalue weighted by Crippen LogP contribution is 2.15. The van der Waals surface area contributed by atoms with Crippen molar-refractivity contribution in [2.24, 2.45) is 0 Å². The predicted molar refractivity (Wildman–Crippen MR) is 98.5 cm³/mol. The topological polar surface area (TPSA) is 116 Å². The third-order valence-corrected chi connectivity index (χ3v) is 4.35. The molecule has 2 heterocycles. The zero-order valence-corrected chi connectivity index (χ0v) is 15.5. The molecule has 1 aliphatic heterocycles. The number of amides is 1. The lowest BCUT2D eigenvalue weighted by atomic mass is 10.2. The quantitative estimate of drug-likeness (QED) is 0.673. The lowest BCUT2D eigenvalue weighted by Crippen LogP contribution is -2.23. The number of nitrogens with one attached hydrogen (secondary N) is 1. The molecule has 1 saturated heterocycles. The fraction of sp³-hybridized carbons (Fsp3) is 0.474. The highest BCUT2D eigenvalue weighted by molar-refractivity contribution is 5.80. The second-order valence-electron chi connectivity index (χ2n) is 6.60. The van der Waals surface area contributed by atoms with Crippen molar-refractivity contribution in [1.82, 2.24) is 20.3 Å². The van der Waals surface area contributed by atoms with E-state index < -0.39 is 5.97 Å². The average Bonchev–Trinajstić information content (AvgIpc) is 3.19. The molecule has 0 aliphatic carbocycles. The summed E-state index contributed by atoms with van der Waals surface area (Å²) in [6.07, 6.45) is 4.55. The van der Waals surface area contributed by atoms with Crippen LogP contribution in [0.2, 0.25) is 0 Å². The molecule has 1 unspecified atom stereocenters. The fourth-order valence-corrected chi connectivity index (χ4v) is 2.79. The van der Waals surface area contributed by atoms with Gasteiger partial charge in [0.15, 0.2) is 6.29 Å². The summed E-state index contributed by atoms with van der Waals surface area (Å²) in [5, 5.41) is 19.5. The van der Waals surface area contributed by atoms with E-state index in [1.54, 1.807) is 4.68 Å². The van der Waals surface area contributed by atoms with Crippen LogP contribution >= 0.6 is 0 Å². The first-order chi connectivity index (χ1) is 13.6. The van der Waals surface area contributed by atoms with Crippen molar-refractivity contribution in [1.29, 1.82) is 0 Å². The molecule has 1 fully saturated rings. The molecule has 1 atom stereocenters. The second-order valence-corrected chi connectivity index (χ2v) is 6.60. The minimum atomic E-state index is -0.983. The summed E-state index contributed by atoms with van der Waals surface area (Å²) in [5.41, 5.74) is 2.48. The van der Waals surface area contributed by atoms with Crippen molar-refractivity contribution < 1.29 is 24.2 Å². The molecule has 0 spiro atoms. The Hall–Kier alpha value is -2.78. The Balaban J connectivity index is 1.47. The Kier molecular flexibility index (Phi) is 7.10. The van der Waals surface area contributed by atoms with Gasteiger partial charge in [-0.25, -0.2) is 4.68 Å². The summed E-state index contributed by atoms with van der Waals surface area (Å²) >= 11 is 0. The van der Waals surface area contributed by atoms with Crippen LogP contribution < -0.4 is 5.32 Å². The Morgan fingerprint density at radius 3 is 2.79 bits per heavy atom. The lowest BCUT2D eigenvalue weighted by Gasteiger charge is -2.22. The number of ether oxygens (including phenoxy) is 2. The minimum Gasteiger partial charge on any atom is -0.481 e. The van der Waals surface area contributed by atoms with Crippen LogP contribution in [-0.4, -0.2) is 44.9 Å². The van der Waals surface area contributed by atoms with Gasteiger partial charge in [0.2, 0.25) is 5.91 Å². The largest absolute Gasteiger partial charge is 0.481 e. The Morgan fingerprint density at radius 2 is 2.07 bits per heavy atom. The molecule has 0 bridgehead atoms. The van der Waals surface area contributed by atoms with Gasteiger partial charge >= 0.3 is 5.97 Å².